The second kappa shape index (κ2) is 6.09. The Morgan fingerprint density at radius 1 is 1.47 bits per heavy atom. The summed E-state index contributed by atoms with van der Waals surface area (Å²) in [4.78, 5) is 3.89. The third kappa shape index (κ3) is 4.41. The molecule has 5 nitrogen and oxygen atoms in total. The molecule has 0 aliphatic carbocycles. The molecule has 1 aromatic heterocycles. The van der Waals surface area contributed by atoms with Crippen LogP contribution in [0, 0.1) is 5.92 Å². The number of hydrogen-bond acceptors (Lipinski definition) is 4. The van der Waals surface area contributed by atoms with Gasteiger partial charge in [0, 0.05) is 18.9 Å². The van der Waals surface area contributed by atoms with Gasteiger partial charge in [-0.15, -0.1) is 0 Å². The van der Waals surface area contributed by atoms with Crippen molar-refractivity contribution in [1.82, 2.24) is 9.71 Å². The Bertz CT molecular complexity index is 431. The highest BCUT2D eigenvalue weighted by Gasteiger charge is 2.15. The standard InChI is InChI=1S/C11H18N2O3S/c1-9(2)11(14)5-7-13-17(15,16)10-4-3-6-12-8-10/h3-4,6,8-9,11,13-14H,5,7H2,1-2H3. The second-order valence-corrected chi connectivity index (χ2v) is 5.95. The summed E-state index contributed by atoms with van der Waals surface area (Å²) in [6, 6.07) is 3.05. The van der Waals surface area contributed by atoms with Crippen LogP contribution in [0.25, 0.3) is 0 Å². The first-order chi connectivity index (χ1) is 7.93. The number of nitrogens with one attached hydrogen (secondary N) is 1. The van der Waals surface area contributed by atoms with Gasteiger partial charge in [-0.3, -0.25) is 4.98 Å². The maximum absolute atomic E-state index is 11.8. The van der Waals surface area contributed by atoms with Crippen LogP contribution < -0.4 is 4.72 Å². The highest BCUT2D eigenvalue weighted by atomic mass is 32.2. The lowest BCUT2D eigenvalue weighted by molar-refractivity contribution is 0.118. The normalized spacial score (nSPS) is 13.9. The van der Waals surface area contributed by atoms with E-state index in [4.69, 9.17) is 0 Å². The first kappa shape index (κ1) is 14.1. The first-order valence-corrected chi connectivity index (χ1v) is 6.99. The van der Waals surface area contributed by atoms with Crippen molar-refractivity contribution >= 4 is 10.0 Å². The molecule has 1 unspecified atom stereocenters. The zero-order valence-corrected chi connectivity index (χ0v) is 10.8. The van der Waals surface area contributed by atoms with Crippen LogP contribution in [-0.4, -0.2) is 31.2 Å². The Morgan fingerprint density at radius 3 is 2.71 bits per heavy atom. The van der Waals surface area contributed by atoms with Gasteiger partial charge < -0.3 is 5.11 Å². The zero-order chi connectivity index (χ0) is 12.9. The molecule has 0 amide bonds. The number of pyridine rings is 1. The van der Waals surface area contributed by atoms with Gasteiger partial charge in [0.1, 0.15) is 4.90 Å². The maximum atomic E-state index is 11.8. The van der Waals surface area contributed by atoms with Gasteiger partial charge in [0.15, 0.2) is 0 Å². The molecule has 0 bridgehead atoms. The zero-order valence-electron chi connectivity index (χ0n) is 10.00. The summed E-state index contributed by atoms with van der Waals surface area (Å²) in [6.07, 6.45) is 2.71. The first-order valence-electron chi connectivity index (χ1n) is 5.51. The molecule has 2 N–H and O–H groups in total. The van der Waals surface area contributed by atoms with Gasteiger partial charge in [-0.25, -0.2) is 13.1 Å². The third-order valence-corrected chi connectivity index (χ3v) is 3.89. The van der Waals surface area contributed by atoms with E-state index in [-0.39, 0.29) is 17.4 Å². The van der Waals surface area contributed by atoms with Crippen molar-refractivity contribution in [2.75, 3.05) is 6.54 Å². The smallest absolute Gasteiger partial charge is 0.242 e. The molecule has 0 radical (unpaired) electrons. The number of sulfonamides is 1. The van der Waals surface area contributed by atoms with Crippen LogP contribution in [0.1, 0.15) is 20.3 Å². The Kier molecular flexibility index (Phi) is 5.04. The summed E-state index contributed by atoms with van der Waals surface area (Å²) in [5, 5.41) is 9.55. The van der Waals surface area contributed by atoms with Crippen LogP contribution in [-0.2, 0) is 10.0 Å². The molecule has 0 aliphatic rings. The van der Waals surface area contributed by atoms with Crippen LogP contribution in [0.15, 0.2) is 29.4 Å². The number of hydrogen-bond donors (Lipinski definition) is 2. The molecule has 0 spiro atoms. The SMILES string of the molecule is CC(C)C(O)CCNS(=O)(=O)c1cccnc1. The molecule has 1 heterocycles. The highest BCUT2D eigenvalue weighted by molar-refractivity contribution is 7.89. The van der Waals surface area contributed by atoms with Gasteiger partial charge >= 0.3 is 0 Å². The minimum Gasteiger partial charge on any atom is -0.393 e. The van der Waals surface area contributed by atoms with Crippen LogP contribution >= 0.6 is 0 Å². The van der Waals surface area contributed by atoms with E-state index >= 15 is 0 Å². The van der Waals surface area contributed by atoms with E-state index in [9.17, 15) is 13.5 Å². The lowest BCUT2D eigenvalue weighted by atomic mass is 10.1. The van der Waals surface area contributed by atoms with Gasteiger partial charge in [0.2, 0.25) is 10.0 Å². The van der Waals surface area contributed by atoms with Crippen molar-refractivity contribution in [2.45, 2.75) is 31.3 Å². The van der Waals surface area contributed by atoms with Crippen molar-refractivity contribution in [3.05, 3.63) is 24.5 Å². The minimum absolute atomic E-state index is 0.123. The molecule has 17 heavy (non-hydrogen) atoms. The predicted octanol–water partition coefficient (Wildman–Crippen LogP) is 0.767. The fourth-order valence-corrected chi connectivity index (χ4v) is 2.27. The number of rotatable bonds is 6. The van der Waals surface area contributed by atoms with E-state index in [2.05, 4.69) is 9.71 Å². The summed E-state index contributed by atoms with van der Waals surface area (Å²) >= 11 is 0. The molecule has 0 aliphatic heterocycles. The van der Waals surface area contributed by atoms with Gasteiger partial charge in [-0.05, 0) is 24.5 Å². The molecule has 0 aromatic carbocycles. The Labute approximate surface area is 102 Å². The topological polar surface area (TPSA) is 79.3 Å². The van der Waals surface area contributed by atoms with Crippen molar-refractivity contribution < 1.29 is 13.5 Å². The number of aliphatic hydroxyl groups excluding tert-OH is 1. The molecule has 1 atom stereocenters. The minimum atomic E-state index is -3.51. The lowest BCUT2D eigenvalue weighted by Crippen LogP contribution is -2.28. The highest BCUT2D eigenvalue weighted by Crippen LogP contribution is 2.07. The molecule has 1 rings (SSSR count). The van der Waals surface area contributed by atoms with Gasteiger partial charge in [0.25, 0.3) is 0 Å². The van der Waals surface area contributed by atoms with Gasteiger partial charge in [-0.1, -0.05) is 13.8 Å². The van der Waals surface area contributed by atoms with E-state index in [0.717, 1.165) is 0 Å². The van der Waals surface area contributed by atoms with E-state index < -0.39 is 16.1 Å². The second-order valence-electron chi connectivity index (χ2n) is 4.19. The quantitative estimate of drug-likeness (QED) is 0.790. The fraction of sp³-hybridized carbons (Fsp3) is 0.545. The molecular formula is C11H18N2O3S. The van der Waals surface area contributed by atoms with E-state index in [1.807, 2.05) is 13.8 Å². The van der Waals surface area contributed by atoms with Crippen LogP contribution in [0.5, 0.6) is 0 Å². The lowest BCUT2D eigenvalue weighted by Gasteiger charge is -2.14. The van der Waals surface area contributed by atoms with Gasteiger partial charge in [0.05, 0.1) is 6.10 Å². The average molecular weight is 258 g/mol. The summed E-state index contributed by atoms with van der Waals surface area (Å²) in [5.74, 6) is 0.123. The van der Waals surface area contributed by atoms with Crippen molar-refractivity contribution in [2.24, 2.45) is 5.92 Å². The summed E-state index contributed by atoms with van der Waals surface area (Å²) in [5.41, 5.74) is 0. The summed E-state index contributed by atoms with van der Waals surface area (Å²) < 4.78 is 25.9. The van der Waals surface area contributed by atoms with Crippen LogP contribution in [0.4, 0.5) is 0 Å². The Balaban J connectivity index is 2.52. The monoisotopic (exact) mass is 258 g/mol. The van der Waals surface area contributed by atoms with E-state index in [1.165, 1.54) is 18.5 Å². The Hall–Kier alpha value is -0.980. The van der Waals surface area contributed by atoms with Gasteiger partial charge in [-0.2, -0.15) is 0 Å². The summed E-state index contributed by atoms with van der Waals surface area (Å²) in [7, 11) is -3.51. The van der Waals surface area contributed by atoms with Crippen LogP contribution in [0.2, 0.25) is 0 Å². The largest absolute Gasteiger partial charge is 0.393 e. The van der Waals surface area contributed by atoms with E-state index in [1.54, 1.807) is 6.07 Å². The molecule has 6 heteroatoms. The van der Waals surface area contributed by atoms with Crippen molar-refractivity contribution in [3.63, 3.8) is 0 Å². The number of aromatic nitrogens is 1. The van der Waals surface area contributed by atoms with Crippen LogP contribution in [0.3, 0.4) is 0 Å². The molecule has 96 valence electrons. The molecule has 0 saturated heterocycles. The molecule has 0 fully saturated rings. The fourth-order valence-electron chi connectivity index (χ4n) is 1.26. The molecule has 1 aromatic rings. The predicted molar refractivity (Wildman–Crippen MR) is 64.9 cm³/mol. The molecule has 0 saturated carbocycles. The molecular weight excluding hydrogens is 240 g/mol. The summed E-state index contributed by atoms with van der Waals surface area (Å²) in [6.45, 7) is 4.00. The third-order valence-electron chi connectivity index (χ3n) is 2.45. The number of aliphatic hydroxyl groups is 1. The maximum Gasteiger partial charge on any atom is 0.242 e. The van der Waals surface area contributed by atoms with Crippen molar-refractivity contribution in [1.29, 1.82) is 0 Å². The average Bonchev–Trinajstić information content (AvgIpc) is 2.29. The van der Waals surface area contributed by atoms with Crippen molar-refractivity contribution in [3.8, 4) is 0 Å². The van der Waals surface area contributed by atoms with E-state index in [0.29, 0.717) is 6.42 Å². The number of nitrogens with zero attached hydrogens (tertiary/aromatic N) is 1. The Morgan fingerprint density at radius 2 is 2.18 bits per heavy atom.